The van der Waals surface area contributed by atoms with Crippen molar-refractivity contribution >= 4 is 13.6 Å². The summed E-state index contributed by atoms with van der Waals surface area (Å²) in [6.07, 6.45) is 2.39. The Balaban J connectivity index is 4.24. The van der Waals surface area contributed by atoms with E-state index in [9.17, 15) is 9.36 Å². The van der Waals surface area contributed by atoms with Gasteiger partial charge in [0.25, 0.3) is 0 Å². The summed E-state index contributed by atoms with van der Waals surface area (Å²) >= 11 is 0. The number of carbonyl (C=O) groups excluding carboxylic acids is 1. The first-order valence-electron chi connectivity index (χ1n) is 3.87. The SMILES string of the molecule is C=CCC(COC(=O)C=C)P(=O)(O)O. The van der Waals surface area contributed by atoms with Gasteiger partial charge in [-0.25, -0.2) is 4.79 Å². The maximum atomic E-state index is 10.9. The van der Waals surface area contributed by atoms with Crippen molar-refractivity contribution in [3.8, 4) is 0 Å². The van der Waals surface area contributed by atoms with Crippen LogP contribution in [0.1, 0.15) is 6.42 Å². The maximum Gasteiger partial charge on any atom is 0.332 e. The van der Waals surface area contributed by atoms with Crippen molar-refractivity contribution in [1.29, 1.82) is 0 Å². The molecule has 0 saturated carbocycles. The van der Waals surface area contributed by atoms with Crippen LogP contribution in [0.25, 0.3) is 0 Å². The van der Waals surface area contributed by atoms with Crippen LogP contribution in [0.5, 0.6) is 0 Å². The minimum Gasteiger partial charge on any atom is -0.462 e. The lowest BCUT2D eigenvalue weighted by molar-refractivity contribution is -0.137. The van der Waals surface area contributed by atoms with E-state index in [4.69, 9.17) is 9.79 Å². The second kappa shape index (κ2) is 5.75. The minimum atomic E-state index is -4.24. The molecule has 0 aromatic rings. The quantitative estimate of drug-likeness (QED) is 0.300. The first kappa shape index (κ1) is 13.1. The standard InChI is InChI=1S/C8H13O5P/c1-3-5-7(14(10,11)12)6-13-8(9)4-2/h3-4,7H,1-2,5-6H2,(H2,10,11,12). The Kier molecular flexibility index (Phi) is 5.38. The van der Waals surface area contributed by atoms with Crippen molar-refractivity contribution in [1.82, 2.24) is 0 Å². The zero-order chi connectivity index (χ0) is 11.2. The summed E-state index contributed by atoms with van der Waals surface area (Å²) in [5.74, 6) is -0.701. The predicted octanol–water partition coefficient (Wildman–Crippen LogP) is 0.838. The molecule has 0 aliphatic heterocycles. The first-order chi connectivity index (χ1) is 6.41. The molecule has 1 atom stereocenters. The van der Waals surface area contributed by atoms with Crippen LogP contribution in [0.15, 0.2) is 25.3 Å². The number of carbonyl (C=O) groups is 1. The summed E-state index contributed by atoms with van der Waals surface area (Å²) in [4.78, 5) is 28.3. The fraction of sp³-hybridized carbons (Fsp3) is 0.375. The van der Waals surface area contributed by atoms with E-state index in [1.54, 1.807) is 0 Å². The van der Waals surface area contributed by atoms with Crippen molar-refractivity contribution in [3.63, 3.8) is 0 Å². The van der Waals surface area contributed by atoms with E-state index in [0.717, 1.165) is 6.08 Å². The van der Waals surface area contributed by atoms with Gasteiger partial charge in [0.05, 0.1) is 5.66 Å². The topological polar surface area (TPSA) is 83.8 Å². The van der Waals surface area contributed by atoms with E-state index in [0.29, 0.717) is 0 Å². The van der Waals surface area contributed by atoms with Gasteiger partial charge in [-0.2, -0.15) is 0 Å². The summed E-state index contributed by atoms with van der Waals surface area (Å²) in [6.45, 7) is 6.18. The molecule has 80 valence electrons. The molecule has 0 aliphatic carbocycles. The largest absolute Gasteiger partial charge is 0.462 e. The van der Waals surface area contributed by atoms with Gasteiger partial charge in [0.15, 0.2) is 0 Å². The van der Waals surface area contributed by atoms with Crippen LogP contribution >= 0.6 is 7.60 Å². The molecule has 0 radical (unpaired) electrons. The van der Waals surface area contributed by atoms with Gasteiger partial charge >= 0.3 is 13.6 Å². The van der Waals surface area contributed by atoms with Crippen LogP contribution in [-0.2, 0) is 14.1 Å². The van der Waals surface area contributed by atoms with E-state index >= 15 is 0 Å². The molecule has 0 aromatic heterocycles. The lowest BCUT2D eigenvalue weighted by Crippen LogP contribution is -2.17. The highest BCUT2D eigenvalue weighted by molar-refractivity contribution is 7.52. The summed E-state index contributed by atoms with van der Waals surface area (Å²) in [5, 5.41) is 0. The zero-order valence-corrected chi connectivity index (χ0v) is 8.52. The molecule has 0 spiro atoms. The van der Waals surface area contributed by atoms with Crippen molar-refractivity contribution < 1.29 is 23.9 Å². The number of rotatable bonds is 6. The third kappa shape index (κ3) is 4.97. The number of hydrogen-bond acceptors (Lipinski definition) is 3. The Morgan fingerprint density at radius 3 is 2.43 bits per heavy atom. The smallest absolute Gasteiger partial charge is 0.332 e. The Labute approximate surface area is 82.2 Å². The molecule has 0 amide bonds. The monoisotopic (exact) mass is 220 g/mol. The second-order valence-corrected chi connectivity index (χ2v) is 4.51. The van der Waals surface area contributed by atoms with Gasteiger partial charge in [-0.15, -0.1) is 6.58 Å². The predicted molar refractivity (Wildman–Crippen MR) is 51.8 cm³/mol. The highest BCUT2D eigenvalue weighted by atomic mass is 31.2. The van der Waals surface area contributed by atoms with E-state index < -0.39 is 19.2 Å². The van der Waals surface area contributed by atoms with Crippen molar-refractivity contribution in [2.45, 2.75) is 12.1 Å². The van der Waals surface area contributed by atoms with Crippen molar-refractivity contribution in [3.05, 3.63) is 25.3 Å². The highest BCUT2D eigenvalue weighted by Crippen LogP contribution is 2.43. The van der Waals surface area contributed by atoms with Gasteiger partial charge < -0.3 is 14.5 Å². The molecule has 6 heteroatoms. The number of esters is 1. The van der Waals surface area contributed by atoms with E-state index in [1.807, 2.05) is 0 Å². The Bertz CT molecular complexity index is 267. The van der Waals surface area contributed by atoms with Gasteiger partial charge in [-0.05, 0) is 6.42 Å². The lowest BCUT2D eigenvalue weighted by Gasteiger charge is -2.15. The summed E-state index contributed by atoms with van der Waals surface area (Å²) in [7, 11) is -4.24. The third-order valence-corrected chi connectivity index (χ3v) is 2.81. The summed E-state index contributed by atoms with van der Waals surface area (Å²) in [6, 6.07) is 0. The number of allylic oxidation sites excluding steroid dienone is 1. The third-order valence-electron chi connectivity index (χ3n) is 1.50. The van der Waals surface area contributed by atoms with E-state index in [1.165, 1.54) is 6.08 Å². The summed E-state index contributed by atoms with van der Waals surface area (Å²) < 4.78 is 15.4. The summed E-state index contributed by atoms with van der Waals surface area (Å²) in [5.41, 5.74) is -1.02. The Morgan fingerprint density at radius 2 is 2.07 bits per heavy atom. The fourth-order valence-corrected chi connectivity index (χ4v) is 1.42. The van der Waals surface area contributed by atoms with Crippen molar-refractivity contribution in [2.24, 2.45) is 0 Å². The molecule has 1 unspecified atom stereocenters. The van der Waals surface area contributed by atoms with Gasteiger partial charge in [-0.1, -0.05) is 12.7 Å². The van der Waals surface area contributed by atoms with Gasteiger partial charge in [-0.3, -0.25) is 4.57 Å². The first-order valence-corrected chi connectivity index (χ1v) is 5.55. The molecule has 5 nitrogen and oxygen atoms in total. The van der Waals surface area contributed by atoms with Crippen LogP contribution in [0.2, 0.25) is 0 Å². The molecule has 0 saturated heterocycles. The molecule has 0 aliphatic rings. The molecular formula is C8H13O5P. The van der Waals surface area contributed by atoms with Crippen LogP contribution in [0.3, 0.4) is 0 Å². The lowest BCUT2D eigenvalue weighted by atomic mass is 10.3. The molecule has 0 bridgehead atoms. The fourth-order valence-electron chi connectivity index (χ4n) is 0.732. The minimum absolute atomic E-state index is 0.0920. The molecule has 14 heavy (non-hydrogen) atoms. The number of ether oxygens (including phenoxy) is 1. The Morgan fingerprint density at radius 1 is 1.50 bits per heavy atom. The highest BCUT2D eigenvalue weighted by Gasteiger charge is 2.28. The Hall–Kier alpha value is -0.900. The van der Waals surface area contributed by atoms with Crippen LogP contribution < -0.4 is 0 Å². The van der Waals surface area contributed by atoms with Crippen LogP contribution in [-0.4, -0.2) is 28.0 Å². The number of hydrogen-bond donors (Lipinski definition) is 2. The van der Waals surface area contributed by atoms with Gasteiger partial charge in [0.1, 0.15) is 6.61 Å². The van der Waals surface area contributed by atoms with E-state index in [2.05, 4.69) is 17.9 Å². The normalized spacial score (nSPS) is 13.0. The van der Waals surface area contributed by atoms with Crippen molar-refractivity contribution in [2.75, 3.05) is 6.61 Å². The molecule has 0 heterocycles. The molecule has 0 aromatic carbocycles. The average Bonchev–Trinajstić information content (AvgIpc) is 2.09. The molecule has 0 rings (SSSR count). The van der Waals surface area contributed by atoms with Crippen LogP contribution in [0, 0.1) is 0 Å². The zero-order valence-electron chi connectivity index (χ0n) is 7.63. The maximum absolute atomic E-state index is 10.9. The van der Waals surface area contributed by atoms with Crippen LogP contribution in [0.4, 0.5) is 0 Å². The van der Waals surface area contributed by atoms with Gasteiger partial charge in [0.2, 0.25) is 0 Å². The van der Waals surface area contributed by atoms with E-state index in [-0.39, 0.29) is 13.0 Å². The molecular weight excluding hydrogens is 207 g/mol. The van der Waals surface area contributed by atoms with Gasteiger partial charge in [0, 0.05) is 6.08 Å². The second-order valence-electron chi connectivity index (χ2n) is 2.60. The molecule has 2 N–H and O–H groups in total. The molecule has 0 fully saturated rings. The average molecular weight is 220 g/mol.